The molecule has 1 atom stereocenters. The average Bonchev–Trinajstić information content (AvgIpc) is 2.15. The maximum atomic E-state index is 5.74. The summed E-state index contributed by atoms with van der Waals surface area (Å²) in [6.45, 7) is 6.76. The summed E-state index contributed by atoms with van der Waals surface area (Å²) in [7, 11) is 2.13. The molecule has 0 saturated carbocycles. The number of rotatable bonds is 4. The Balaban J connectivity index is 2.83. The quantitative estimate of drug-likeness (QED) is 0.850. The van der Waals surface area contributed by atoms with Crippen LogP contribution in [0, 0.1) is 5.92 Å². The van der Waals surface area contributed by atoms with Gasteiger partial charge in [0, 0.05) is 23.2 Å². The first-order valence-corrected chi connectivity index (χ1v) is 6.49. The van der Waals surface area contributed by atoms with Crippen molar-refractivity contribution >= 4 is 27.3 Å². The molecule has 0 aromatic heterocycles. The van der Waals surface area contributed by atoms with Crippen LogP contribution in [0.15, 0.2) is 22.7 Å². The van der Waals surface area contributed by atoms with Crippen LogP contribution >= 0.6 is 15.9 Å². The Hall–Kier alpha value is -0.700. The smallest absolute Gasteiger partial charge is 0.0511 e. The van der Waals surface area contributed by atoms with E-state index in [0.717, 1.165) is 10.2 Å². The summed E-state index contributed by atoms with van der Waals surface area (Å²) in [6.07, 6.45) is 1.19. The lowest BCUT2D eigenvalue weighted by molar-refractivity contribution is 0.504. The SMILES string of the molecule is CC(C)CC(C)N(C)c1ccc(N)cc1Br. The van der Waals surface area contributed by atoms with Crippen LogP contribution in [0.4, 0.5) is 11.4 Å². The van der Waals surface area contributed by atoms with Gasteiger partial charge in [0.1, 0.15) is 0 Å². The number of hydrogen-bond acceptors (Lipinski definition) is 2. The molecule has 0 spiro atoms. The Morgan fingerprint density at radius 3 is 2.44 bits per heavy atom. The van der Waals surface area contributed by atoms with Gasteiger partial charge in [0.05, 0.1) is 5.69 Å². The molecule has 0 amide bonds. The fourth-order valence-electron chi connectivity index (χ4n) is 1.89. The fourth-order valence-corrected chi connectivity index (χ4v) is 2.56. The van der Waals surface area contributed by atoms with Gasteiger partial charge in [0.15, 0.2) is 0 Å². The topological polar surface area (TPSA) is 29.3 Å². The molecule has 1 aromatic rings. The van der Waals surface area contributed by atoms with Crippen molar-refractivity contribution in [3.63, 3.8) is 0 Å². The van der Waals surface area contributed by atoms with Crippen LogP contribution in [0.2, 0.25) is 0 Å². The van der Waals surface area contributed by atoms with E-state index in [2.05, 4.69) is 54.7 Å². The summed E-state index contributed by atoms with van der Waals surface area (Å²) in [5, 5.41) is 0. The molecule has 1 unspecified atom stereocenters. The molecule has 0 fully saturated rings. The number of anilines is 2. The first kappa shape index (κ1) is 13.4. The monoisotopic (exact) mass is 284 g/mol. The molecule has 0 bridgehead atoms. The number of nitrogens with two attached hydrogens (primary N) is 1. The first-order valence-electron chi connectivity index (χ1n) is 5.69. The molecule has 90 valence electrons. The molecule has 0 radical (unpaired) electrons. The van der Waals surface area contributed by atoms with E-state index in [4.69, 9.17) is 5.73 Å². The number of nitrogens with zero attached hydrogens (tertiary/aromatic N) is 1. The van der Waals surface area contributed by atoms with Gasteiger partial charge >= 0.3 is 0 Å². The minimum Gasteiger partial charge on any atom is -0.399 e. The normalized spacial score (nSPS) is 12.9. The van der Waals surface area contributed by atoms with Crippen molar-refractivity contribution in [1.82, 2.24) is 0 Å². The van der Waals surface area contributed by atoms with E-state index in [1.807, 2.05) is 12.1 Å². The summed E-state index contributed by atoms with van der Waals surface area (Å²) in [5.41, 5.74) is 7.72. The van der Waals surface area contributed by atoms with Gasteiger partial charge < -0.3 is 10.6 Å². The number of hydrogen-bond donors (Lipinski definition) is 1. The van der Waals surface area contributed by atoms with E-state index >= 15 is 0 Å². The van der Waals surface area contributed by atoms with E-state index in [0.29, 0.717) is 12.0 Å². The van der Waals surface area contributed by atoms with E-state index < -0.39 is 0 Å². The van der Waals surface area contributed by atoms with E-state index in [1.54, 1.807) is 0 Å². The number of benzene rings is 1. The molecule has 2 N–H and O–H groups in total. The lowest BCUT2D eigenvalue weighted by atomic mass is 10.0. The van der Waals surface area contributed by atoms with Gasteiger partial charge in [-0.1, -0.05) is 13.8 Å². The Bertz CT molecular complexity index is 350. The summed E-state index contributed by atoms with van der Waals surface area (Å²) in [4.78, 5) is 2.30. The highest BCUT2D eigenvalue weighted by atomic mass is 79.9. The van der Waals surface area contributed by atoms with E-state index in [1.165, 1.54) is 12.1 Å². The van der Waals surface area contributed by atoms with Gasteiger partial charge in [0.25, 0.3) is 0 Å². The molecular weight excluding hydrogens is 264 g/mol. The zero-order valence-corrected chi connectivity index (χ0v) is 12.1. The molecule has 0 aliphatic heterocycles. The maximum absolute atomic E-state index is 5.74. The van der Waals surface area contributed by atoms with Gasteiger partial charge in [-0.15, -0.1) is 0 Å². The average molecular weight is 285 g/mol. The molecule has 0 aliphatic carbocycles. The second-order valence-electron chi connectivity index (χ2n) is 4.80. The number of halogens is 1. The zero-order chi connectivity index (χ0) is 12.3. The van der Waals surface area contributed by atoms with Crippen LogP contribution < -0.4 is 10.6 Å². The highest BCUT2D eigenvalue weighted by Gasteiger charge is 2.13. The maximum Gasteiger partial charge on any atom is 0.0511 e. The summed E-state index contributed by atoms with van der Waals surface area (Å²) < 4.78 is 1.06. The fraction of sp³-hybridized carbons (Fsp3) is 0.538. The lowest BCUT2D eigenvalue weighted by Crippen LogP contribution is -2.30. The van der Waals surface area contributed by atoms with Gasteiger partial charge in [-0.05, 0) is 53.4 Å². The molecular formula is C13H21BrN2. The third-order valence-corrected chi connectivity index (χ3v) is 3.46. The highest BCUT2D eigenvalue weighted by Crippen LogP contribution is 2.29. The Morgan fingerprint density at radius 2 is 1.94 bits per heavy atom. The predicted molar refractivity (Wildman–Crippen MR) is 75.9 cm³/mol. The largest absolute Gasteiger partial charge is 0.399 e. The van der Waals surface area contributed by atoms with Crippen molar-refractivity contribution in [3.8, 4) is 0 Å². The van der Waals surface area contributed by atoms with Crippen LogP contribution in [-0.2, 0) is 0 Å². The van der Waals surface area contributed by atoms with Crippen LogP contribution in [0.25, 0.3) is 0 Å². The van der Waals surface area contributed by atoms with Gasteiger partial charge in [-0.25, -0.2) is 0 Å². The highest BCUT2D eigenvalue weighted by molar-refractivity contribution is 9.10. The van der Waals surface area contributed by atoms with Crippen molar-refractivity contribution in [2.45, 2.75) is 33.2 Å². The van der Waals surface area contributed by atoms with Crippen LogP contribution in [0.3, 0.4) is 0 Å². The third-order valence-electron chi connectivity index (χ3n) is 2.83. The number of nitrogen functional groups attached to an aromatic ring is 1. The molecule has 16 heavy (non-hydrogen) atoms. The Kier molecular flexibility index (Phi) is 4.66. The van der Waals surface area contributed by atoms with E-state index in [9.17, 15) is 0 Å². The standard InChI is InChI=1S/C13H21BrN2/c1-9(2)7-10(3)16(4)13-6-5-11(15)8-12(13)14/h5-6,8-10H,7,15H2,1-4H3. The molecule has 1 aromatic carbocycles. The Labute approximate surface area is 107 Å². The van der Waals surface area contributed by atoms with Crippen molar-refractivity contribution in [1.29, 1.82) is 0 Å². The molecule has 1 rings (SSSR count). The third kappa shape index (κ3) is 3.41. The predicted octanol–water partition coefficient (Wildman–Crippen LogP) is 3.90. The minimum atomic E-state index is 0.528. The second kappa shape index (κ2) is 5.58. The first-order chi connectivity index (χ1) is 7.41. The van der Waals surface area contributed by atoms with Crippen LogP contribution in [0.1, 0.15) is 27.2 Å². The minimum absolute atomic E-state index is 0.528. The second-order valence-corrected chi connectivity index (χ2v) is 5.65. The van der Waals surface area contributed by atoms with Crippen molar-refractivity contribution < 1.29 is 0 Å². The molecule has 2 nitrogen and oxygen atoms in total. The Morgan fingerprint density at radius 1 is 1.31 bits per heavy atom. The molecule has 0 heterocycles. The molecule has 3 heteroatoms. The van der Waals surface area contributed by atoms with E-state index in [-0.39, 0.29) is 0 Å². The van der Waals surface area contributed by atoms with Crippen LogP contribution in [0.5, 0.6) is 0 Å². The summed E-state index contributed by atoms with van der Waals surface area (Å²) in [5.74, 6) is 0.713. The molecule has 0 aliphatic rings. The summed E-state index contributed by atoms with van der Waals surface area (Å²) >= 11 is 3.56. The molecule has 0 saturated heterocycles. The van der Waals surface area contributed by atoms with Gasteiger partial charge in [-0.2, -0.15) is 0 Å². The van der Waals surface area contributed by atoms with Gasteiger partial charge in [0.2, 0.25) is 0 Å². The van der Waals surface area contributed by atoms with Crippen molar-refractivity contribution in [2.75, 3.05) is 17.7 Å². The van der Waals surface area contributed by atoms with Crippen molar-refractivity contribution in [3.05, 3.63) is 22.7 Å². The van der Waals surface area contributed by atoms with Crippen molar-refractivity contribution in [2.24, 2.45) is 5.92 Å². The van der Waals surface area contributed by atoms with Crippen LogP contribution in [-0.4, -0.2) is 13.1 Å². The van der Waals surface area contributed by atoms with Gasteiger partial charge in [-0.3, -0.25) is 0 Å². The summed E-state index contributed by atoms with van der Waals surface area (Å²) in [6, 6.07) is 6.49. The zero-order valence-electron chi connectivity index (χ0n) is 10.5. The lowest BCUT2D eigenvalue weighted by Gasteiger charge is -2.29.